The molecular formula is C16H14FN3O4. The van der Waals surface area contributed by atoms with Gasteiger partial charge in [0.2, 0.25) is 5.69 Å². The van der Waals surface area contributed by atoms with Crippen molar-refractivity contribution in [2.24, 2.45) is 0 Å². The van der Waals surface area contributed by atoms with Crippen molar-refractivity contribution in [1.82, 2.24) is 14.7 Å². The number of rotatable bonds is 4. The number of hydrogen-bond donors (Lipinski definition) is 0. The number of carbonyl (C=O) groups excluding carboxylic acids is 1. The molecule has 7 nitrogen and oxygen atoms in total. The molecule has 0 radical (unpaired) electrons. The number of aromatic nitrogens is 3. The van der Waals surface area contributed by atoms with Crippen LogP contribution in [-0.2, 0) is 11.3 Å². The van der Waals surface area contributed by atoms with E-state index in [0.29, 0.717) is 11.4 Å². The van der Waals surface area contributed by atoms with Gasteiger partial charge in [0.05, 0.1) is 13.2 Å². The molecule has 8 heteroatoms. The van der Waals surface area contributed by atoms with Crippen LogP contribution in [-0.4, -0.2) is 27.3 Å². The lowest BCUT2D eigenvalue weighted by Crippen LogP contribution is -2.25. The van der Waals surface area contributed by atoms with Crippen molar-refractivity contribution in [3.05, 3.63) is 57.5 Å². The van der Waals surface area contributed by atoms with E-state index < -0.39 is 17.3 Å². The number of benzene rings is 1. The molecule has 2 aromatic heterocycles. The molecular weight excluding hydrogens is 317 g/mol. The van der Waals surface area contributed by atoms with Gasteiger partial charge < -0.3 is 9.26 Å². The Morgan fingerprint density at radius 3 is 2.83 bits per heavy atom. The molecule has 0 saturated carbocycles. The lowest BCUT2D eigenvalue weighted by atomic mass is 10.2. The Balaban J connectivity index is 2.15. The molecule has 24 heavy (non-hydrogen) atoms. The standard InChI is InChI=1S/C16H14FN3O4/c1-3-23-16(22)13-12-14(24-19-13)18-9(2)20(15(12)21)8-10-6-4-5-7-11(10)17/h4-7H,3,8H2,1-2H3. The highest BCUT2D eigenvalue weighted by atomic mass is 19.1. The zero-order valence-electron chi connectivity index (χ0n) is 13.1. The Morgan fingerprint density at radius 1 is 1.38 bits per heavy atom. The fraction of sp³-hybridized carbons (Fsp3) is 0.250. The minimum Gasteiger partial charge on any atom is -0.461 e. The van der Waals surface area contributed by atoms with Gasteiger partial charge in [-0.05, 0) is 19.9 Å². The number of fused-ring (bicyclic) bond motifs is 1. The average Bonchev–Trinajstić information content (AvgIpc) is 2.97. The van der Waals surface area contributed by atoms with Crippen LogP contribution in [0.5, 0.6) is 0 Å². The summed E-state index contributed by atoms with van der Waals surface area (Å²) in [6, 6.07) is 6.12. The fourth-order valence-corrected chi connectivity index (χ4v) is 2.36. The first-order chi connectivity index (χ1) is 11.5. The number of nitrogens with zero attached hydrogens (tertiary/aromatic N) is 3. The second-order valence-corrected chi connectivity index (χ2v) is 5.07. The van der Waals surface area contributed by atoms with E-state index in [0.717, 1.165) is 0 Å². The zero-order valence-corrected chi connectivity index (χ0v) is 13.1. The number of carbonyl (C=O) groups is 1. The largest absolute Gasteiger partial charge is 0.461 e. The summed E-state index contributed by atoms with van der Waals surface area (Å²) in [5, 5.41) is 3.51. The van der Waals surface area contributed by atoms with Gasteiger partial charge in [-0.3, -0.25) is 9.36 Å². The predicted molar refractivity (Wildman–Crippen MR) is 82.3 cm³/mol. The number of hydrogen-bond acceptors (Lipinski definition) is 6. The molecule has 0 amide bonds. The van der Waals surface area contributed by atoms with Crippen LogP contribution in [0, 0.1) is 12.7 Å². The van der Waals surface area contributed by atoms with Gasteiger partial charge in [0.15, 0.2) is 0 Å². The summed E-state index contributed by atoms with van der Waals surface area (Å²) < 4.78 is 24.9. The molecule has 0 unspecified atom stereocenters. The van der Waals surface area contributed by atoms with Crippen molar-refractivity contribution in [2.45, 2.75) is 20.4 Å². The van der Waals surface area contributed by atoms with Gasteiger partial charge in [0.1, 0.15) is 17.0 Å². The summed E-state index contributed by atoms with van der Waals surface area (Å²) in [5.74, 6) is -0.876. The normalized spacial score (nSPS) is 11.0. The van der Waals surface area contributed by atoms with Crippen molar-refractivity contribution in [3.8, 4) is 0 Å². The maximum atomic E-state index is 13.9. The summed E-state index contributed by atoms with van der Waals surface area (Å²) in [7, 11) is 0. The second-order valence-electron chi connectivity index (χ2n) is 5.07. The van der Waals surface area contributed by atoms with Crippen molar-refractivity contribution in [3.63, 3.8) is 0 Å². The van der Waals surface area contributed by atoms with Crippen LogP contribution in [0.3, 0.4) is 0 Å². The lowest BCUT2D eigenvalue weighted by Gasteiger charge is -2.09. The van der Waals surface area contributed by atoms with Gasteiger partial charge in [0, 0.05) is 5.56 Å². The highest BCUT2D eigenvalue weighted by molar-refractivity contribution is 5.99. The molecule has 3 rings (SSSR count). The van der Waals surface area contributed by atoms with Crippen LogP contribution in [0.2, 0.25) is 0 Å². The third-order valence-electron chi connectivity index (χ3n) is 3.54. The predicted octanol–water partition coefficient (Wildman–Crippen LogP) is 2.06. The van der Waals surface area contributed by atoms with Crippen molar-refractivity contribution >= 4 is 17.1 Å². The minimum atomic E-state index is -0.767. The molecule has 0 aliphatic carbocycles. The summed E-state index contributed by atoms with van der Waals surface area (Å²) in [5.41, 5.74) is -0.486. The van der Waals surface area contributed by atoms with E-state index in [1.54, 1.807) is 32.0 Å². The van der Waals surface area contributed by atoms with Crippen LogP contribution in [0.1, 0.15) is 28.8 Å². The Morgan fingerprint density at radius 2 is 2.12 bits per heavy atom. The summed E-state index contributed by atoms with van der Waals surface area (Å²) in [6.07, 6.45) is 0. The van der Waals surface area contributed by atoms with Crippen LogP contribution < -0.4 is 5.56 Å². The van der Waals surface area contributed by atoms with Gasteiger partial charge >= 0.3 is 5.97 Å². The number of aryl methyl sites for hydroxylation is 1. The first kappa shape index (κ1) is 15.9. The average molecular weight is 331 g/mol. The Bertz CT molecular complexity index is 977. The molecule has 0 fully saturated rings. The molecule has 0 saturated heterocycles. The van der Waals surface area contributed by atoms with Gasteiger partial charge in [-0.15, -0.1) is 0 Å². The fourth-order valence-electron chi connectivity index (χ4n) is 2.36. The van der Waals surface area contributed by atoms with Crippen molar-refractivity contribution in [1.29, 1.82) is 0 Å². The van der Waals surface area contributed by atoms with E-state index >= 15 is 0 Å². The second kappa shape index (κ2) is 6.23. The molecule has 0 N–H and O–H groups in total. The Kier molecular flexibility index (Phi) is 4.11. The summed E-state index contributed by atoms with van der Waals surface area (Å²) in [4.78, 5) is 28.8. The number of ether oxygens (including phenoxy) is 1. The first-order valence-electron chi connectivity index (χ1n) is 7.30. The van der Waals surface area contributed by atoms with Gasteiger partial charge in [0.25, 0.3) is 11.3 Å². The topological polar surface area (TPSA) is 87.2 Å². The third kappa shape index (κ3) is 2.66. The maximum absolute atomic E-state index is 13.9. The smallest absolute Gasteiger partial charge is 0.361 e. The number of esters is 1. The molecule has 3 aromatic rings. The quantitative estimate of drug-likeness (QED) is 0.680. The van der Waals surface area contributed by atoms with Crippen LogP contribution >= 0.6 is 0 Å². The monoisotopic (exact) mass is 331 g/mol. The van der Waals surface area contributed by atoms with E-state index in [2.05, 4.69) is 10.1 Å². The third-order valence-corrected chi connectivity index (χ3v) is 3.54. The van der Waals surface area contributed by atoms with E-state index in [9.17, 15) is 14.0 Å². The first-order valence-corrected chi connectivity index (χ1v) is 7.30. The van der Waals surface area contributed by atoms with E-state index in [1.165, 1.54) is 10.6 Å². The maximum Gasteiger partial charge on any atom is 0.361 e. The van der Waals surface area contributed by atoms with Crippen LogP contribution in [0.4, 0.5) is 4.39 Å². The van der Waals surface area contributed by atoms with Gasteiger partial charge in [-0.1, -0.05) is 23.4 Å². The van der Waals surface area contributed by atoms with Gasteiger partial charge in [-0.25, -0.2) is 9.18 Å². The highest BCUT2D eigenvalue weighted by Crippen LogP contribution is 2.15. The van der Waals surface area contributed by atoms with Crippen molar-refractivity contribution in [2.75, 3.05) is 6.61 Å². The minimum absolute atomic E-state index is 0.0201. The van der Waals surface area contributed by atoms with Crippen molar-refractivity contribution < 1.29 is 18.4 Å². The molecule has 0 atom stereocenters. The molecule has 2 heterocycles. The van der Waals surface area contributed by atoms with E-state index in [1.807, 2.05) is 0 Å². The molecule has 0 aliphatic rings. The van der Waals surface area contributed by atoms with Gasteiger partial charge in [-0.2, -0.15) is 4.98 Å². The van der Waals surface area contributed by atoms with E-state index in [4.69, 9.17) is 9.26 Å². The molecule has 1 aromatic carbocycles. The number of halogens is 1. The summed E-state index contributed by atoms with van der Waals surface area (Å²) >= 11 is 0. The van der Waals surface area contributed by atoms with Crippen LogP contribution in [0.25, 0.3) is 11.1 Å². The highest BCUT2D eigenvalue weighted by Gasteiger charge is 2.23. The molecule has 0 bridgehead atoms. The molecule has 0 spiro atoms. The zero-order chi connectivity index (χ0) is 17.3. The van der Waals surface area contributed by atoms with E-state index in [-0.39, 0.29) is 29.9 Å². The lowest BCUT2D eigenvalue weighted by molar-refractivity contribution is 0.0516. The summed E-state index contributed by atoms with van der Waals surface area (Å²) in [6.45, 7) is 3.34. The SMILES string of the molecule is CCOC(=O)c1noc2nc(C)n(Cc3ccccc3F)c(=O)c12. The Labute approximate surface area is 135 Å². The molecule has 0 aliphatic heterocycles. The molecule has 124 valence electrons. The van der Waals surface area contributed by atoms with Crippen LogP contribution in [0.15, 0.2) is 33.6 Å². The Hall–Kier alpha value is -3.03.